The molecule has 84 valence electrons. The molecular weight excluding hydrogens is 206 g/mol. The van der Waals surface area contributed by atoms with E-state index in [9.17, 15) is 13.6 Å². The van der Waals surface area contributed by atoms with E-state index in [1.54, 1.807) is 6.92 Å². The lowest BCUT2D eigenvalue weighted by atomic mass is 10.3. The predicted molar refractivity (Wildman–Crippen MR) is 50.5 cm³/mol. The Labute approximate surface area is 85.5 Å². The van der Waals surface area contributed by atoms with Crippen molar-refractivity contribution in [2.75, 3.05) is 19.3 Å². The number of alkyl halides is 2. The molecule has 1 heterocycles. The number of rotatable bonds is 3. The molecule has 1 aromatic rings. The van der Waals surface area contributed by atoms with Crippen molar-refractivity contribution in [1.29, 1.82) is 0 Å². The lowest BCUT2D eigenvalue weighted by Gasteiger charge is -2.14. The summed E-state index contributed by atoms with van der Waals surface area (Å²) < 4.78 is 25.2. The quantitative estimate of drug-likeness (QED) is 0.821. The van der Waals surface area contributed by atoms with Crippen LogP contribution in [0.5, 0.6) is 0 Å². The molecule has 15 heavy (non-hydrogen) atoms. The molecule has 0 radical (unpaired) electrons. The van der Waals surface area contributed by atoms with Gasteiger partial charge in [0, 0.05) is 19.7 Å². The Balaban J connectivity index is 3.07. The molecule has 0 unspecified atom stereocenters. The predicted octanol–water partition coefficient (Wildman–Crippen LogP) is 0.952. The average Bonchev–Trinajstić information content (AvgIpc) is 2.58. The van der Waals surface area contributed by atoms with Crippen molar-refractivity contribution in [3.63, 3.8) is 0 Å². The van der Waals surface area contributed by atoms with E-state index in [2.05, 4.69) is 5.10 Å². The minimum atomic E-state index is -2.87. The first-order chi connectivity index (χ1) is 6.97. The van der Waals surface area contributed by atoms with Crippen molar-refractivity contribution in [2.45, 2.75) is 13.5 Å². The Bertz CT molecular complexity index is 364. The Morgan fingerprint density at radius 2 is 2.33 bits per heavy atom. The van der Waals surface area contributed by atoms with Crippen LogP contribution in [0.4, 0.5) is 14.6 Å². The van der Waals surface area contributed by atoms with E-state index >= 15 is 0 Å². The first-order valence-corrected chi connectivity index (χ1v) is 4.36. The van der Waals surface area contributed by atoms with Crippen LogP contribution in [-0.4, -0.2) is 34.2 Å². The second-order valence-electron chi connectivity index (χ2n) is 3.00. The summed E-state index contributed by atoms with van der Waals surface area (Å²) in [5.41, 5.74) is 5.06. The number of amides is 1. The van der Waals surface area contributed by atoms with Gasteiger partial charge in [-0.05, 0) is 6.92 Å². The molecular formula is C8H12F2N4O. The van der Waals surface area contributed by atoms with Gasteiger partial charge in [-0.25, -0.2) is 0 Å². The summed E-state index contributed by atoms with van der Waals surface area (Å²) in [6, 6.07) is 1.14. The second-order valence-corrected chi connectivity index (χ2v) is 3.00. The van der Waals surface area contributed by atoms with Crippen LogP contribution in [0.3, 0.4) is 0 Å². The summed E-state index contributed by atoms with van der Waals surface area (Å²) in [6.07, 6.45) is 0. The number of nitrogens with two attached hydrogens (primary N) is 1. The number of carbonyl (C=O) groups excluding carboxylic acids is 1. The normalized spacial score (nSPS) is 10.7. The third-order valence-corrected chi connectivity index (χ3v) is 1.98. The van der Waals surface area contributed by atoms with Crippen molar-refractivity contribution in [3.05, 3.63) is 11.8 Å². The van der Waals surface area contributed by atoms with Gasteiger partial charge in [-0.1, -0.05) is 0 Å². The number of nitrogen functional groups attached to an aromatic ring is 1. The van der Waals surface area contributed by atoms with Crippen LogP contribution < -0.4 is 5.73 Å². The van der Waals surface area contributed by atoms with E-state index in [4.69, 9.17) is 5.73 Å². The molecule has 1 aromatic heterocycles. The number of aromatic nitrogens is 2. The molecule has 0 aromatic carbocycles. The topological polar surface area (TPSA) is 64.2 Å². The lowest BCUT2D eigenvalue weighted by molar-refractivity contribution is 0.0479. The van der Waals surface area contributed by atoms with Crippen LogP contribution in [0.25, 0.3) is 0 Å². The van der Waals surface area contributed by atoms with E-state index in [1.807, 2.05) is 0 Å². The monoisotopic (exact) mass is 218 g/mol. The largest absolute Gasteiger partial charge is 0.382 e. The highest BCUT2D eigenvalue weighted by Crippen LogP contribution is 2.16. The van der Waals surface area contributed by atoms with E-state index in [-0.39, 0.29) is 11.5 Å². The zero-order valence-corrected chi connectivity index (χ0v) is 8.44. The minimum Gasteiger partial charge on any atom is -0.382 e. The number of nitrogens with zero attached hydrogens (tertiary/aromatic N) is 3. The second kappa shape index (κ2) is 4.24. The Hall–Kier alpha value is -1.66. The van der Waals surface area contributed by atoms with Crippen LogP contribution in [0.2, 0.25) is 0 Å². The summed E-state index contributed by atoms with van der Waals surface area (Å²) >= 11 is 0. The van der Waals surface area contributed by atoms with Crippen LogP contribution in [-0.2, 0) is 0 Å². The Morgan fingerprint density at radius 3 is 2.80 bits per heavy atom. The summed E-state index contributed by atoms with van der Waals surface area (Å²) in [6.45, 7) is -0.705. The standard InChI is InChI=1S/C8H12F2N4O/c1-3-13(2)7(15)5-4-6(11)12-14(5)8(9)10/h4,8H,3H2,1-2H3,(H2,11,12). The first-order valence-electron chi connectivity index (χ1n) is 4.36. The maximum atomic E-state index is 12.4. The molecule has 0 fully saturated rings. The van der Waals surface area contributed by atoms with Gasteiger partial charge in [-0.15, -0.1) is 5.10 Å². The van der Waals surface area contributed by atoms with E-state index in [0.717, 1.165) is 6.07 Å². The number of hydrogen-bond donors (Lipinski definition) is 1. The molecule has 5 nitrogen and oxygen atoms in total. The van der Waals surface area contributed by atoms with Gasteiger partial charge >= 0.3 is 6.55 Å². The van der Waals surface area contributed by atoms with Crippen molar-refractivity contribution >= 4 is 11.7 Å². The van der Waals surface area contributed by atoms with Crippen molar-refractivity contribution in [1.82, 2.24) is 14.7 Å². The summed E-state index contributed by atoms with van der Waals surface area (Å²) in [4.78, 5) is 12.9. The summed E-state index contributed by atoms with van der Waals surface area (Å²) in [7, 11) is 1.52. The fraction of sp³-hybridized carbons (Fsp3) is 0.500. The van der Waals surface area contributed by atoms with Crippen LogP contribution in [0.15, 0.2) is 6.07 Å². The summed E-state index contributed by atoms with van der Waals surface area (Å²) in [5, 5.41) is 3.34. The average molecular weight is 218 g/mol. The zero-order valence-electron chi connectivity index (χ0n) is 8.44. The first kappa shape index (κ1) is 11.4. The molecule has 7 heteroatoms. The highest BCUT2D eigenvalue weighted by atomic mass is 19.3. The molecule has 1 amide bonds. The molecule has 1 rings (SSSR count). The molecule has 0 aliphatic carbocycles. The maximum Gasteiger partial charge on any atom is 0.334 e. The van der Waals surface area contributed by atoms with Gasteiger partial charge in [-0.3, -0.25) is 4.79 Å². The molecule has 0 spiro atoms. The molecule has 2 N–H and O–H groups in total. The fourth-order valence-corrected chi connectivity index (χ4v) is 1.06. The fourth-order valence-electron chi connectivity index (χ4n) is 1.06. The van der Waals surface area contributed by atoms with Gasteiger partial charge in [0.15, 0.2) is 0 Å². The number of halogens is 2. The minimum absolute atomic E-state index is 0.0943. The molecule has 0 bridgehead atoms. The van der Waals surface area contributed by atoms with Crippen molar-refractivity contribution in [2.24, 2.45) is 0 Å². The SMILES string of the molecule is CCN(C)C(=O)c1cc(N)nn1C(F)F. The molecule has 0 atom stereocenters. The molecule has 0 aliphatic heterocycles. The van der Waals surface area contributed by atoms with E-state index < -0.39 is 12.5 Å². The molecule has 0 saturated carbocycles. The smallest absolute Gasteiger partial charge is 0.334 e. The van der Waals surface area contributed by atoms with Gasteiger partial charge in [-0.2, -0.15) is 13.5 Å². The highest BCUT2D eigenvalue weighted by Gasteiger charge is 2.21. The molecule has 0 aliphatic rings. The van der Waals surface area contributed by atoms with Gasteiger partial charge in [0.2, 0.25) is 0 Å². The van der Waals surface area contributed by atoms with Gasteiger partial charge in [0.1, 0.15) is 11.5 Å². The third kappa shape index (κ3) is 2.23. The van der Waals surface area contributed by atoms with Crippen molar-refractivity contribution in [3.8, 4) is 0 Å². The van der Waals surface area contributed by atoms with Gasteiger partial charge in [0.25, 0.3) is 5.91 Å². The summed E-state index contributed by atoms with van der Waals surface area (Å²) in [5.74, 6) is -0.620. The van der Waals surface area contributed by atoms with Gasteiger partial charge in [0.05, 0.1) is 0 Å². The number of hydrogen-bond acceptors (Lipinski definition) is 3. The number of carbonyl (C=O) groups is 1. The highest BCUT2D eigenvalue weighted by molar-refractivity contribution is 5.93. The Morgan fingerprint density at radius 1 is 1.73 bits per heavy atom. The lowest BCUT2D eigenvalue weighted by Crippen LogP contribution is -2.28. The Kier molecular flexibility index (Phi) is 3.23. The van der Waals surface area contributed by atoms with Crippen LogP contribution >= 0.6 is 0 Å². The maximum absolute atomic E-state index is 12.4. The van der Waals surface area contributed by atoms with E-state index in [1.165, 1.54) is 11.9 Å². The van der Waals surface area contributed by atoms with E-state index in [0.29, 0.717) is 11.2 Å². The van der Waals surface area contributed by atoms with Crippen molar-refractivity contribution < 1.29 is 13.6 Å². The number of anilines is 1. The van der Waals surface area contributed by atoms with Gasteiger partial charge < -0.3 is 10.6 Å². The molecule has 0 saturated heterocycles. The van der Waals surface area contributed by atoms with Crippen LogP contribution in [0.1, 0.15) is 24.0 Å². The third-order valence-electron chi connectivity index (χ3n) is 1.98. The zero-order chi connectivity index (χ0) is 11.6. The van der Waals surface area contributed by atoms with Crippen LogP contribution in [0, 0.1) is 0 Å².